The molecule has 0 fully saturated rings. The van der Waals surface area contributed by atoms with Gasteiger partial charge in [0.05, 0.1) is 12.6 Å². The first kappa shape index (κ1) is 11.9. The van der Waals surface area contributed by atoms with Crippen molar-refractivity contribution in [3.63, 3.8) is 0 Å². The fraction of sp³-hybridized carbons (Fsp3) is 0.182. The summed E-state index contributed by atoms with van der Waals surface area (Å²) in [6, 6.07) is 7.21. The van der Waals surface area contributed by atoms with Crippen molar-refractivity contribution in [2.45, 2.75) is 12.6 Å². The molecule has 3 nitrogen and oxygen atoms in total. The van der Waals surface area contributed by atoms with Crippen molar-refractivity contribution in [2.75, 3.05) is 0 Å². The van der Waals surface area contributed by atoms with Gasteiger partial charge in [-0.15, -0.1) is 0 Å². The largest absolute Gasteiger partial charge is 0.387 e. The minimum absolute atomic E-state index is 0.500. The van der Waals surface area contributed by atoms with Crippen LogP contribution in [0.25, 0.3) is 0 Å². The van der Waals surface area contributed by atoms with Crippen LogP contribution >= 0.6 is 34.2 Å². The Labute approximate surface area is 112 Å². The van der Waals surface area contributed by atoms with Crippen LogP contribution in [0.15, 0.2) is 36.7 Å². The van der Waals surface area contributed by atoms with Gasteiger partial charge in [0.15, 0.2) is 3.83 Å². The lowest BCUT2D eigenvalue weighted by molar-refractivity contribution is 0.155. The maximum Gasteiger partial charge on any atom is 0.171 e. The molecule has 2 aromatic rings. The maximum absolute atomic E-state index is 10.0. The molecular weight excluding hydrogens is 338 g/mol. The van der Waals surface area contributed by atoms with Crippen LogP contribution in [0.1, 0.15) is 11.7 Å². The van der Waals surface area contributed by atoms with E-state index in [0.717, 1.165) is 9.39 Å². The monoisotopic (exact) mass is 348 g/mol. The summed E-state index contributed by atoms with van der Waals surface area (Å²) in [5.41, 5.74) is 0.855. The molecule has 2 rings (SSSR count). The standard InChI is InChI=1S/C11H10ClIN2O/c12-9-3-1-8(2-4-9)10(16)7-15-6-5-14-11(15)13/h1-6,10,16H,7H2/t10-/m1/s1. The van der Waals surface area contributed by atoms with Crippen LogP contribution in [0.3, 0.4) is 0 Å². The lowest BCUT2D eigenvalue weighted by Gasteiger charge is -2.12. The van der Waals surface area contributed by atoms with Gasteiger partial charge in [0, 0.05) is 17.4 Å². The van der Waals surface area contributed by atoms with E-state index in [1.807, 2.05) is 22.9 Å². The van der Waals surface area contributed by atoms with Crippen molar-refractivity contribution < 1.29 is 5.11 Å². The molecule has 1 atom stereocenters. The summed E-state index contributed by atoms with van der Waals surface area (Å²) in [7, 11) is 0. The second-order valence-electron chi connectivity index (χ2n) is 3.42. The summed E-state index contributed by atoms with van der Waals surface area (Å²) < 4.78 is 2.77. The van der Waals surface area contributed by atoms with Crippen molar-refractivity contribution in [2.24, 2.45) is 0 Å². The van der Waals surface area contributed by atoms with Crippen LogP contribution in [-0.2, 0) is 6.54 Å². The van der Waals surface area contributed by atoms with E-state index < -0.39 is 6.10 Å². The molecule has 1 N–H and O–H groups in total. The highest BCUT2D eigenvalue weighted by atomic mass is 127. The number of hydrogen-bond donors (Lipinski definition) is 1. The fourth-order valence-electron chi connectivity index (χ4n) is 1.42. The third kappa shape index (κ3) is 2.75. The van der Waals surface area contributed by atoms with Crippen LogP contribution in [0.4, 0.5) is 0 Å². The van der Waals surface area contributed by atoms with Crippen LogP contribution in [-0.4, -0.2) is 14.7 Å². The number of aliphatic hydroxyl groups excluding tert-OH is 1. The predicted molar refractivity (Wildman–Crippen MR) is 71.4 cm³/mol. The van der Waals surface area contributed by atoms with Gasteiger partial charge in [-0.3, -0.25) is 0 Å². The Morgan fingerprint density at radius 1 is 1.38 bits per heavy atom. The van der Waals surface area contributed by atoms with Gasteiger partial charge < -0.3 is 9.67 Å². The van der Waals surface area contributed by atoms with Crippen LogP contribution < -0.4 is 0 Å². The SMILES string of the molecule is O[C@H](Cn1ccnc1I)c1ccc(Cl)cc1. The number of imidazole rings is 1. The van der Waals surface area contributed by atoms with E-state index >= 15 is 0 Å². The van der Waals surface area contributed by atoms with Gasteiger partial charge in [-0.05, 0) is 40.3 Å². The van der Waals surface area contributed by atoms with Gasteiger partial charge in [0.25, 0.3) is 0 Å². The lowest BCUT2D eigenvalue weighted by Crippen LogP contribution is -2.09. The molecule has 1 heterocycles. The molecule has 0 aliphatic heterocycles. The Hall–Kier alpha value is -0.590. The van der Waals surface area contributed by atoms with Gasteiger partial charge in [-0.25, -0.2) is 4.98 Å². The Kier molecular flexibility index (Phi) is 3.83. The van der Waals surface area contributed by atoms with E-state index in [1.165, 1.54) is 0 Å². The van der Waals surface area contributed by atoms with Crippen molar-refractivity contribution >= 4 is 34.2 Å². The van der Waals surface area contributed by atoms with E-state index in [-0.39, 0.29) is 0 Å². The summed E-state index contributed by atoms with van der Waals surface area (Å²) >= 11 is 7.92. The molecule has 0 saturated heterocycles. The molecule has 1 aromatic heterocycles. The molecule has 0 saturated carbocycles. The quantitative estimate of drug-likeness (QED) is 0.866. The van der Waals surface area contributed by atoms with Gasteiger partial charge in [-0.1, -0.05) is 23.7 Å². The maximum atomic E-state index is 10.0. The third-order valence-electron chi connectivity index (χ3n) is 2.29. The highest BCUT2D eigenvalue weighted by molar-refractivity contribution is 14.1. The molecule has 0 unspecified atom stereocenters. The molecule has 0 spiro atoms. The van der Waals surface area contributed by atoms with E-state index in [1.54, 1.807) is 18.3 Å². The van der Waals surface area contributed by atoms with Crippen LogP contribution in [0, 0.1) is 3.83 Å². The second-order valence-corrected chi connectivity index (χ2v) is 4.82. The number of aliphatic hydroxyl groups is 1. The summed E-state index contributed by atoms with van der Waals surface area (Å²) in [6.45, 7) is 0.500. The molecular formula is C11H10ClIN2O. The van der Waals surface area contributed by atoms with Crippen molar-refractivity contribution in [1.82, 2.24) is 9.55 Å². The van der Waals surface area contributed by atoms with Gasteiger partial charge >= 0.3 is 0 Å². The zero-order valence-electron chi connectivity index (χ0n) is 8.35. The molecule has 1 aromatic carbocycles. The van der Waals surface area contributed by atoms with Crippen LogP contribution in [0.5, 0.6) is 0 Å². The smallest absolute Gasteiger partial charge is 0.171 e. The number of benzene rings is 1. The van der Waals surface area contributed by atoms with Crippen molar-refractivity contribution in [1.29, 1.82) is 0 Å². The van der Waals surface area contributed by atoms with E-state index in [4.69, 9.17) is 11.6 Å². The normalized spacial score (nSPS) is 12.7. The van der Waals surface area contributed by atoms with Crippen LogP contribution in [0.2, 0.25) is 5.02 Å². The Bertz CT molecular complexity index is 469. The van der Waals surface area contributed by atoms with E-state index in [0.29, 0.717) is 11.6 Å². The first-order valence-corrected chi connectivity index (χ1v) is 6.22. The highest BCUT2D eigenvalue weighted by Gasteiger charge is 2.09. The zero-order chi connectivity index (χ0) is 11.5. The summed E-state index contributed by atoms with van der Waals surface area (Å²) in [5, 5.41) is 10.7. The summed E-state index contributed by atoms with van der Waals surface area (Å²) in [5.74, 6) is 0. The van der Waals surface area contributed by atoms with E-state index in [9.17, 15) is 5.11 Å². The lowest BCUT2D eigenvalue weighted by atomic mass is 10.1. The number of rotatable bonds is 3. The molecule has 16 heavy (non-hydrogen) atoms. The third-order valence-corrected chi connectivity index (χ3v) is 3.44. The Morgan fingerprint density at radius 3 is 2.62 bits per heavy atom. The van der Waals surface area contributed by atoms with Gasteiger partial charge in [-0.2, -0.15) is 0 Å². The van der Waals surface area contributed by atoms with Gasteiger partial charge in [0.2, 0.25) is 0 Å². The molecule has 0 bridgehead atoms. The topological polar surface area (TPSA) is 38.0 Å². The highest BCUT2D eigenvalue weighted by Crippen LogP contribution is 2.18. The van der Waals surface area contributed by atoms with Gasteiger partial charge in [0.1, 0.15) is 0 Å². The molecule has 0 aliphatic carbocycles. The minimum Gasteiger partial charge on any atom is -0.387 e. The number of halogens is 2. The molecule has 0 aliphatic rings. The molecule has 0 radical (unpaired) electrons. The molecule has 0 amide bonds. The summed E-state index contributed by atoms with van der Waals surface area (Å²) in [4.78, 5) is 4.09. The average Bonchev–Trinajstić information content (AvgIpc) is 2.65. The second kappa shape index (κ2) is 5.16. The molecule has 5 heteroatoms. The number of aromatic nitrogens is 2. The first-order valence-electron chi connectivity index (χ1n) is 4.77. The first-order chi connectivity index (χ1) is 7.66. The van der Waals surface area contributed by atoms with Crippen molar-refractivity contribution in [3.05, 3.63) is 51.1 Å². The minimum atomic E-state index is -0.542. The van der Waals surface area contributed by atoms with E-state index in [2.05, 4.69) is 27.6 Å². The number of nitrogens with zero attached hydrogens (tertiary/aromatic N) is 2. The summed E-state index contributed by atoms with van der Waals surface area (Å²) in [6.07, 6.45) is 3.03. The fourth-order valence-corrected chi connectivity index (χ4v) is 2.07. The Balaban J connectivity index is 2.11. The molecule has 84 valence electrons. The van der Waals surface area contributed by atoms with Crippen molar-refractivity contribution in [3.8, 4) is 0 Å². The zero-order valence-corrected chi connectivity index (χ0v) is 11.3. The average molecular weight is 349 g/mol. The Morgan fingerprint density at radius 2 is 2.06 bits per heavy atom. The number of hydrogen-bond acceptors (Lipinski definition) is 2. The predicted octanol–water partition coefficient (Wildman–Crippen LogP) is 2.87.